The molecule has 2 amide bonds. The third-order valence-electron chi connectivity index (χ3n) is 9.45. The van der Waals surface area contributed by atoms with Crippen LogP contribution >= 0.6 is 0 Å². The molecule has 3 N–H and O–H groups in total. The summed E-state index contributed by atoms with van der Waals surface area (Å²) < 4.78 is 0. The number of hydrogen-bond acceptors (Lipinski definition) is 3. The van der Waals surface area contributed by atoms with Crippen LogP contribution in [-0.4, -0.2) is 35.1 Å². The van der Waals surface area contributed by atoms with Gasteiger partial charge in [0, 0.05) is 18.0 Å². The number of carbonyl (C=O) groups is 2. The van der Waals surface area contributed by atoms with Gasteiger partial charge in [0.1, 0.15) is 0 Å². The van der Waals surface area contributed by atoms with Gasteiger partial charge in [-0.2, -0.15) is 0 Å². The standard InChI is InChI=1S/C29H44N2O3/c1-19(28(34)30-22-12-8-5-9-13-22)23-14-16-29(3)17-15-24(20(2)26(29)27(23)33)31-25(32)18-21-10-6-4-7-11-21/h4,6-7,10-11,19-20,22-24,26-27,33H,5,8-9,12-18H2,1-3H3,(H,30,34)(H,31,32)/t19-,20+,23-,24-,26+,27-,29-/m0/s1. The summed E-state index contributed by atoms with van der Waals surface area (Å²) >= 11 is 0. The van der Waals surface area contributed by atoms with Crippen molar-refractivity contribution in [2.24, 2.45) is 29.1 Å². The smallest absolute Gasteiger partial charge is 0.224 e. The van der Waals surface area contributed by atoms with Gasteiger partial charge in [0.25, 0.3) is 0 Å². The highest BCUT2D eigenvalue weighted by Crippen LogP contribution is 2.55. The number of fused-ring (bicyclic) bond motifs is 1. The Labute approximate surface area is 205 Å². The number of aliphatic hydroxyl groups is 1. The van der Waals surface area contributed by atoms with E-state index in [9.17, 15) is 14.7 Å². The molecule has 34 heavy (non-hydrogen) atoms. The van der Waals surface area contributed by atoms with Gasteiger partial charge < -0.3 is 15.7 Å². The molecule has 1 aromatic rings. The van der Waals surface area contributed by atoms with Crippen molar-refractivity contribution in [1.29, 1.82) is 0 Å². The molecule has 0 heterocycles. The van der Waals surface area contributed by atoms with E-state index in [-0.39, 0.29) is 46.9 Å². The highest BCUT2D eigenvalue weighted by Gasteiger charge is 2.53. The Kier molecular flexibility index (Phi) is 8.01. The summed E-state index contributed by atoms with van der Waals surface area (Å²) in [5.41, 5.74) is 1.08. The molecule has 3 aliphatic rings. The SMILES string of the molecule is C[C@H]1[C@@H]2[C@@H](O)[C@H]([C@H](C)C(=O)NC3CCCCC3)CC[C@@]2(C)CC[C@@H]1NC(=O)Cc1ccccc1. The Morgan fingerprint density at radius 1 is 1.03 bits per heavy atom. The fourth-order valence-corrected chi connectivity index (χ4v) is 7.31. The Morgan fingerprint density at radius 2 is 1.71 bits per heavy atom. The second-order valence-corrected chi connectivity index (χ2v) is 11.7. The van der Waals surface area contributed by atoms with Crippen molar-refractivity contribution in [3.63, 3.8) is 0 Å². The highest BCUT2D eigenvalue weighted by molar-refractivity contribution is 5.79. The molecule has 5 heteroatoms. The first-order valence-electron chi connectivity index (χ1n) is 13.6. The molecular formula is C29H44N2O3. The predicted octanol–water partition coefficient (Wildman–Crippen LogP) is 4.62. The van der Waals surface area contributed by atoms with Gasteiger partial charge in [-0.05, 0) is 67.3 Å². The van der Waals surface area contributed by atoms with Crippen molar-refractivity contribution in [3.05, 3.63) is 35.9 Å². The van der Waals surface area contributed by atoms with E-state index >= 15 is 0 Å². The van der Waals surface area contributed by atoms with Crippen LogP contribution in [0.4, 0.5) is 0 Å². The van der Waals surface area contributed by atoms with Crippen LogP contribution in [0.1, 0.15) is 84.1 Å². The molecule has 1 aromatic carbocycles. The van der Waals surface area contributed by atoms with Crippen LogP contribution in [0.15, 0.2) is 30.3 Å². The van der Waals surface area contributed by atoms with Crippen LogP contribution in [-0.2, 0) is 16.0 Å². The Morgan fingerprint density at radius 3 is 2.41 bits per heavy atom. The minimum atomic E-state index is -0.519. The van der Waals surface area contributed by atoms with Crippen LogP contribution in [0, 0.1) is 29.1 Å². The van der Waals surface area contributed by atoms with Gasteiger partial charge in [-0.3, -0.25) is 9.59 Å². The molecule has 4 rings (SSSR count). The lowest BCUT2D eigenvalue weighted by atomic mass is 9.51. The maximum atomic E-state index is 13.1. The van der Waals surface area contributed by atoms with Gasteiger partial charge in [0.05, 0.1) is 12.5 Å². The normalized spacial score (nSPS) is 35.1. The van der Waals surface area contributed by atoms with Gasteiger partial charge in [-0.1, -0.05) is 70.4 Å². The number of nitrogens with one attached hydrogen (secondary N) is 2. The van der Waals surface area contributed by atoms with Crippen molar-refractivity contribution in [1.82, 2.24) is 10.6 Å². The molecule has 3 aliphatic carbocycles. The molecular weight excluding hydrogens is 424 g/mol. The molecule has 3 fully saturated rings. The van der Waals surface area contributed by atoms with E-state index in [4.69, 9.17) is 0 Å². The van der Waals surface area contributed by atoms with Crippen LogP contribution in [0.2, 0.25) is 0 Å². The maximum Gasteiger partial charge on any atom is 0.224 e. The molecule has 0 unspecified atom stereocenters. The summed E-state index contributed by atoms with van der Waals surface area (Å²) in [7, 11) is 0. The summed E-state index contributed by atoms with van der Waals surface area (Å²) in [4.78, 5) is 25.9. The zero-order valence-corrected chi connectivity index (χ0v) is 21.3. The van der Waals surface area contributed by atoms with Gasteiger partial charge in [-0.25, -0.2) is 0 Å². The molecule has 0 spiro atoms. The third kappa shape index (κ3) is 5.50. The van der Waals surface area contributed by atoms with E-state index in [1.807, 2.05) is 37.3 Å². The lowest BCUT2D eigenvalue weighted by Gasteiger charge is -2.56. The number of carbonyl (C=O) groups excluding carboxylic acids is 2. The van der Waals surface area contributed by atoms with Crippen molar-refractivity contribution in [2.75, 3.05) is 0 Å². The molecule has 0 bridgehead atoms. The molecule has 0 aromatic heterocycles. The number of benzene rings is 1. The number of aliphatic hydroxyl groups excluding tert-OH is 1. The topological polar surface area (TPSA) is 78.4 Å². The minimum absolute atomic E-state index is 0.0251. The molecule has 0 radical (unpaired) electrons. The van der Waals surface area contributed by atoms with E-state index in [1.165, 1.54) is 19.3 Å². The Balaban J connectivity index is 1.39. The first-order valence-corrected chi connectivity index (χ1v) is 13.6. The van der Waals surface area contributed by atoms with Gasteiger partial charge in [-0.15, -0.1) is 0 Å². The number of amides is 2. The number of rotatable bonds is 6. The van der Waals surface area contributed by atoms with E-state index in [0.717, 1.165) is 44.1 Å². The van der Waals surface area contributed by atoms with E-state index in [1.54, 1.807) is 0 Å². The fraction of sp³-hybridized carbons (Fsp3) is 0.724. The average molecular weight is 469 g/mol. The molecule has 0 aliphatic heterocycles. The molecule has 3 saturated carbocycles. The second kappa shape index (κ2) is 10.8. The highest BCUT2D eigenvalue weighted by atomic mass is 16.3. The summed E-state index contributed by atoms with van der Waals surface area (Å²) in [6, 6.07) is 10.2. The third-order valence-corrected chi connectivity index (χ3v) is 9.45. The van der Waals surface area contributed by atoms with Gasteiger partial charge in [0.2, 0.25) is 11.8 Å². The fourth-order valence-electron chi connectivity index (χ4n) is 7.31. The Bertz CT molecular complexity index is 837. The summed E-state index contributed by atoms with van der Waals surface area (Å²) in [5, 5.41) is 18.2. The quantitative estimate of drug-likeness (QED) is 0.570. The van der Waals surface area contributed by atoms with Crippen LogP contribution in [0.25, 0.3) is 0 Å². The monoisotopic (exact) mass is 468 g/mol. The largest absolute Gasteiger partial charge is 0.392 e. The van der Waals surface area contributed by atoms with E-state index in [2.05, 4.69) is 24.5 Å². The van der Waals surface area contributed by atoms with E-state index < -0.39 is 6.10 Å². The van der Waals surface area contributed by atoms with E-state index in [0.29, 0.717) is 12.5 Å². The van der Waals surface area contributed by atoms with Crippen molar-refractivity contribution >= 4 is 11.8 Å². The van der Waals surface area contributed by atoms with Crippen LogP contribution in [0.3, 0.4) is 0 Å². The summed E-state index contributed by atoms with van der Waals surface area (Å²) in [6.45, 7) is 6.50. The lowest BCUT2D eigenvalue weighted by Crippen LogP contribution is -2.58. The molecule has 0 saturated heterocycles. The minimum Gasteiger partial charge on any atom is -0.392 e. The van der Waals surface area contributed by atoms with Crippen molar-refractivity contribution in [2.45, 2.75) is 103 Å². The lowest BCUT2D eigenvalue weighted by molar-refractivity contribution is -0.144. The molecule has 7 atom stereocenters. The predicted molar refractivity (Wildman–Crippen MR) is 135 cm³/mol. The molecule has 188 valence electrons. The average Bonchev–Trinajstić information content (AvgIpc) is 2.82. The number of hydrogen-bond donors (Lipinski definition) is 3. The zero-order chi connectivity index (χ0) is 24.3. The zero-order valence-electron chi connectivity index (χ0n) is 21.3. The van der Waals surface area contributed by atoms with Gasteiger partial charge in [0.15, 0.2) is 0 Å². The molecule has 5 nitrogen and oxygen atoms in total. The van der Waals surface area contributed by atoms with Crippen molar-refractivity contribution < 1.29 is 14.7 Å². The Hall–Kier alpha value is -1.88. The maximum absolute atomic E-state index is 13.1. The van der Waals surface area contributed by atoms with Crippen molar-refractivity contribution in [3.8, 4) is 0 Å². The first kappa shape index (κ1) is 25.2. The van der Waals surface area contributed by atoms with Crippen LogP contribution < -0.4 is 10.6 Å². The van der Waals surface area contributed by atoms with Gasteiger partial charge >= 0.3 is 0 Å². The second-order valence-electron chi connectivity index (χ2n) is 11.7. The first-order chi connectivity index (χ1) is 16.3. The van der Waals surface area contributed by atoms with Crippen LogP contribution in [0.5, 0.6) is 0 Å². The summed E-state index contributed by atoms with van der Waals surface area (Å²) in [6.07, 6.45) is 9.56. The summed E-state index contributed by atoms with van der Waals surface area (Å²) in [5.74, 6) is 0.200.